The van der Waals surface area contributed by atoms with Gasteiger partial charge in [0.15, 0.2) is 5.78 Å². The maximum Gasteiger partial charge on any atom is 0.162 e. The van der Waals surface area contributed by atoms with Crippen LogP contribution in [0.5, 0.6) is 0 Å². The molecule has 2 aliphatic heterocycles. The van der Waals surface area contributed by atoms with Crippen molar-refractivity contribution in [3.63, 3.8) is 0 Å². The average molecular weight is 413 g/mol. The lowest BCUT2D eigenvalue weighted by molar-refractivity contribution is -0.119. The number of nitrogens with two attached hydrogens (primary N) is 1. The Balaban J connectivity index is 1.94. The number of ether oxygens (including phenoxy) is 1. The number of thiophene rings is 1. The third-order valence-electron chi connectivity index (χ3n) is 6.01. The number of carbonyl (C=O) groups is 1. The summed E-state index contributed by atoms with van der Waals surface area (Å²) in [5.74, 6) is 0.204. The number of aryl methyl sites for hydroxylation is 2. The number of rotatable bonds is 2. The van der Waals surface area contributed by atoms with Crippen LogP contribution in [0.25, 0.3) is 0 Å². The van der Waals surface area contributed by atoms with Crippen LogP contribution in [0.4, 0.5) is 0 Å². The monoisotopic (exact) mass is 412 g/mol. The Morgan fingerprint density at radius 3 is 2.55 bits per heavy atom. The summed E-state index contributed by atoms with van der Waals surface area (Å²) in [5, 5.41) is 14.2. The first-order chi connectivity index (χ1) is 13.7. The van der Waals surface area contributed by atoms with Crippen molar-refractivity contribution in [3.8, 4) is 6.07 Å². The molecule has 1 atom stereocenters. The molecule has 0 spiro atoms. The molecule has 1 aromatic rings. The first kappa shape index (κ1) is 20.1. The molecule has 1 aliphatic carbocycles. The van der Waals surface area contributed by atoms with Gasteiger partial charge in [0.1, 0.15) is 5.82 Å². The normalized spacial score (nSPS) is 25.3. The Labute approximate surface area is 176 Å². The Hall–Kier alpha value is -2.14. The maximum absolute atomic E-state index is 13.4. The van der Waals surface area contributed by atoms with Gasteiger partial charge in [-0.15, -0.1) is 11.3 Å². The zero-order chi connectivity index (χ0) is 20.9. The van der Waals surface area contributed by atoms with E-state index in [1.165, 1.54) is 4.88 Å². The van der Waals surface area contributed by atoms with Gasteiger partial charge >= 0.3 is 0 Å². The summed E-state index contributed by atoms with van der Waals surface area (Å²) in [6.45, 7) is 11.0. The molecule has 1 aromatic heterocycles. The van der Waals surface area contributed by atoms with Crippen molar-refractivity contribution < 1.29 is 9.53 Å². The molecule has 0 radical (unpaired) electrons. The second-order valence-corrected chi connectivity index (χ2v) is 10.4. The van der Waals surface area contributed by atoms with Gasteiger partial charge in [-0.3, -0.25) is 9.80 Å². The molecule has 0 unspecified atom stereocenters. The van der Waals surface area contributed by atoms with E-state index in [1.54, 1.807) is 11.3 Å². The van der Waals surface area contributed by atoms with Crippen LogP contribution in [0.3, 0.4) is 0 Å². The molecule has 0 bridgehead atoms. The number of nitrogens with zero attached hydrogens (tertiary/aromatic N) is 3. The molecule has 154 valence electrons. The predicted octanol–water partition coefficient (Wildman–Crippen LogP) is 3.35. The molecule has 2 N–H and O–H groups in total. The molecule has 3 heterocycles. The van der Waals surface area contributed by atoms with Crippen molar-refractivity contribution in [1.82, 2.24) is 10.0 Å². The van der Waals surface area contributed by atoms with Gasteiger partial charge in [0, 0.05) is 40.5 Å². The number of hydrogen-bond acceptors (Lipinski definition) is 7. The van der Waals surface area contributed by atoms with Crippen molar-refractivity contribution in [3.05, 3.63) is 44.0 Å². The lowest BCUT2D eigenvalue weighted by Gasteiger charge is -2.48. The van der Waals surface area contributed by atoms with E-state index < -0.39 is 0 Å². The summed E-state index contributed by atoms with van der Waals surface area (Å²) in [7, 11) is 0. The van der Waals surface area contributed by atoms with Crippen molar-refractivity contribution >= 4 is 17.1 Å². The van der Waals surface area contributed by atoms with Crippen LogP contribution in [-0.4, -0.2) is 42.1 Å². The largest absolute Gasteiger partial charge is 0.383 e. The van der Waals surface area contributed by atoms with Crippen molar-refractivity contribution in [2.75, 3.05) is 26.3 Å². The highest BCUT2D eigenvalue weighted by atomic mass is 32.1. The summed E-state index contributed by atoms with van der Waals surface area (Å²) in [4.78, 5) is 15.8. The van der Waals surface area contributed by atoms with E-state index in [9.17, 15) is 10.1 Å². The lowest BCUT2D eigenvalue weighted by Crippen LogP contribution is -2.53. The zero-order valence-electron chi connectivity index (χ0n) is 17.5. The minimum atomic E-state index is -0.374. The van der Waals surface area contributed by atoms with Crippen LogP contribution >= 0.6 is 11.3 Å². The average Bonchev–Trinajstić information content (AvgIpc) is 2.98. The number of allylic oxidation sites excluding steroid dienone is 3. The summed E-state index contributed by atoms with van der Waals surface area (Å²) < 4.78 is 5.51. The molecule has 4 rings (SSSR count). The van der Waals surface area contributed by atoms with E-state index in [0.717, 1.165) is 28.1 Å². The van der Waals surface area contributed by atoms with E-state index in [1.807, 2.05) is 5.01 Å². The summed E-state index contributed by atoms with van der Waals surface area (Å²) in [5.41, 5.74) is 9.73. The third-order valence-corrected chi connectivity index (χ3v) is 7.00. The van der Waals surface area contributed by atoms with Gasteiger partial charge < -0.3 is 10.5 Å². The van der Waals surface area contributed by atoms with Gasteiger partial charge in [0.25, 0.3) is 0 Å². The second-order valence-electron chi connectivity index (χ2n) is 8.89. The van der Waals surface area contributed by atoms with E-state index >= 15 is 0 Å². The Morgan fingerprint density at radius 1 is 1.28 bits per heavy atom. The first-order valence-electron chi connectivity index (χ1n) is 10.1. The highest BCUT2D eigenvalue weighted by Crippen LogP contribution is 2.50. The molecule has 1 fully saturated rings. The number of hydrazine groups is 1. The van der Waals surface area contributed by atoms with E-state index in [2.05, 4.69) is 44.8 Å². The molecular formula is C22H28N4O2S. The molecule has 0 saturated carbocycles. The van der Waals surface area contributed by atoms with E-state index in [-0.39, 0.29) is 17.1 Å². The minimum Gasteiger partial charge on any atom is -0.383 e. The van der Waals surface area contributed by atoms with Crippen molar-refractivity contribution in [2.24, 2.45) is 11.1 Å². The Kier molecular flexibility index (Phi) is 5.06. The minimum absolute atomic E-state index is 0.128. The summed E-state index contributed by atoms with van der Waals surface area (Å²) in [6.07, 6.45) is 1.24. The van der Waals surface area contributed by atoms with Crippen molar-refractivity contribution in [1.29, 1.82) is 5.26 Å². The van der Waals surface area contributed by atoms with Gasteiger partial charge in [-0.2, -0.15) is 5.26 Å². The standard InChI is InChI=1S/C22H28N4O2S/c1-13-9-15(14(2)29-13)19-16(12-23)21(24)26(25-5-7-28-8-6-25)17-10-22(3,4)11-18(27)20(17)19/h9,19H,5-8,10-11,24H2,1-4H3/t19-/m0/s1. The van der Waals surface area contributed by atoms with E-state index in [0.29, 0.717) is 44.1 Å². The number of nitriles is 1. The van der Waals surface area contributed by atoms with Gasteiger partial charge in [0.05, 0.1) is 30.8 Å². The molecule has 6 nitrogen and oxygen atoms in total. The quantitative estimate of drug-likeness (QED) is 0.802. The summed E-state index contributed by atoms with van der Waals surface area (Å²) in [6, 6.07) is 4.46. The van der Waals surface area contributed by atoms with Gasteiger partial charge in [-0.25, -0.2) is 5.01 Å². The molecule has 7 heteroatoms. The number of morpholine rings is 1. The molecule has 3 aliphatic rings. The summed E-state index contributed by atoms with van der Waals surface area (Å²) >= 11 is 1.70. The fourth-order valence-corrected chi connectivity index (χ4v) is 5.78. The van der Waals surface area contributed by atoms with Crippen LogP contribution in [0.15, 0.2) is 28.7 Å². The number of Topliss-reactive ketones (excluding diaryl/α,β-unsaturated/α-hetero) is 1. The SMILES string of the molecule is Cc1cc([C@H]2C(C#N)=C(N)N(N3CCOCC3)C3=C2C(=O)CC(C)(C)C3)c(C)s1. The highest BCUT2D eigenvalue weighted by molar-refractivity contribution is 7.12. The molecular weight excluding hydrogens is 384 g/mol. The van der Waals surface area contributed by atoms with Crippen LogP contribution in [-0.2, 0) is 9.53 Å². The van der Waals surface area contributed by atoms with Crippen LogP contribution < -0.4 is 5.73 Å². The zero-order valence-corrected chi connectivity index (χ0v) is 18.4. The first-order valence-corrected chi connectivity index (χ1v) is 10.9. The number of carbonyl (C=O) groups excluding carboxylic acids is 1. The fourth-order valence-electron chi connectivity index (χ4n) is 4.82. The fraction of sp³-hybridized carbons (Fsp3) is 0.545. The molecule has 0 amide bonds. The van der Waals surface area contributed by atoms with Gasteiger partial charge in [-0.05, 0) is 37.3 Å². The van der Waals surface area contributed by atoms with Crippen LogP contribution in [0.2, 0.25) is 0 Å². The molecule has 0 aromatic carbocycles. The van der Waals surface area contributed by atoms with Gasteiger partial charge in [-0.1, -0.05) is 13.8 Å². The van der Waals surface area contributed by atoms with Crippen LogP contribution in [0, 0.1) is 30.6 Å². The third kappa shape index (κ3) is 3.39. The van der Waals surface area contributed by atoms with E-state index in [4.69, 9.17) is 10.5 Å². The van der Waals surface area contributed by atoms with Gasteiger partial charge in [0.2, 0.25) is 0 Å². The Morgan fingerprint density at radius 2 is 1.97 bits per heavy atom. The van der Waals surface area contributed by atoms with Crippen LogP contribution in [0.1, 0.15) is 47.9 Å². The second kappa shape index (κ2) is 7.28. The number of hydrogen-bond donors (Lipinski definition) is 1. The molecule has 29 heavy (non-hydrogen) atoms. The predicted molar refractivity (Wildman–Crippen MR) is 113 cm³/mol. The Bertz CT molecular complexity index is 960. The molecule has 1 saturated heterocycles. The maximum atomic E-state index is 13.4. The number of ketones is 1. The smallest absolute Gasteiger partial charge is 0.162 e. The van der Waals surface area contributed by atoms with Crippen molar-refractivity contribution in [2.45, 2.75) is 46.5 Å². The highest BCUT2D eigenvalue weighted by Gasteiger charge is 2.46. The lowest BCUT2D eigenvalue weighted by atomic mass is 9.69. The topological polar surface area (TPSA) is 82.6 Å².